The van der Waals surface area contributed by atoms with E-state index in [1.165, 1.54) is 0 Å². The van der Waals surface area contributed by atoms with E-state index in [1.54, 1.807) is 13.8 Å². The van der Waals surface area contributed by atoms with E-state index in [1.807, 2.05) is 0 Å². The van der Waals surface area contributed by atoms with Crippen molar-refractivity contribution in [2.75, 3.05) is 6.61 Å². The molecule has 0 aliphatic rings. The van der Waals surface area contributed by atoms with Crippen molar-refractivity contribution in [1.82, 2.24) is 5.32 Å². The monoisotopic (exact) mass is 201 g/mol. The van der Waals surface area contributed by atoms with E-state index >= 15 is 0 Å². The van der Waals surface area contributed by atoms with Crippen LogP contribution in [0, 0.1) is 0 Å². The van der Waals surface area contributed by atoms with Crippen LogP contribution >= 0.6 is 0 Å². The Morgan fingerprint density at radius 2 is 2.14 bits per heavy atom. The van der Waals surface area contributed by atoms with Gasteiger partial charge in [0.1, 0.15) is 6.10 Å². The van der Waals surface area contributed by atoms with Crippen LogP contribution in [0.5, 0.6) is 0 Å². The smallest absolute Gasteiger partial charge is 0.332 e. The van der Waals surface area contributed by atoms with Gasteiger partial charge in [0, 0.05) is 12.3 Å². The molecule has 2 N–H and O–H groups in total. The van der Waals surface area contributed by atoms with Gasteiger partial charge in [0.25, 0.3) is 5.91 Å². The topological polar surface area (TPSA) is 75.6 Å². The summed E-state index contributed by atoms with van der Waals surface area (Å²) in [5, 5.41) is 11.3. The van der Waals surface area contributed by atoms with Gasteiger partial charge in [-0.1, -0.05) is 6.92 Å². The maximum atomic E-state index is 10.9. The molecule has 1 unspecified atom stereocenters. The maximum Gasteiger partial charge on any atom is 0.332 e. The van der Waals surface area contributed by atoms with Crippen molar-refractivity contribution in [3.63, 3.8) is 0 Å². The number of nitrogens with one attached hydrogen (secondary N) is 1. The van der Waals surface area contributed by atoms with Crippen LogP contribution in [-0.4, -0.2) is 29.7 Å². The average Bonchev–Trinajstić information content (AvgIpc) is 2.16. The summed E-state index contributed by atoms with van der Waals surface area (Å²) in [5.41, 5.74) is 0. The van der Waals surface area contributed by atoms with Crippen LogP contribution in [0.3, 0.4) is 0 Å². The minimum Gasteiger partial charge on any atom is -0.463 e. The van der Waals surface area contributed by atoms with Crippen molar-refractivity contribution in [2.24, 2.45) is 0 Å². The van der Waals surface area contributed by atoms with E-state index in [2.05, 4.69) is 10.1 Å². The number of hydrogen-bond donors (Lipinski definition) is 2. The Morgan fingerprint density at radius 3 is 2.64 bits per heavy atom. The van der Waals surface area contributed by atoms with Crippen LogP contribution in [0.25, 0.3) is 0 Å². The lowest BCUT2D eigenvalue weighted by atomic mass is 10.3. The Bertz CT molecular complexity index is 225. The molecule has 0 aromatic heterocycles. The highest BCUT2D eigenvalue weighted by atomic mass is 16.5. The Balaban J connectivity index is 3.81. The summed E-state index contributed by atoms with van der Waals surface area (Å²) in [7, 11) is 0. The highest BCUT2D eigenvalue weighted by Gasteiger charge is 2.09. The van der Waals surface area contributed by atoms with Gasteiger partial charge in [0.2, 0.25) is 0 Å². The molecule has 0 aliphatic heterocycles. The quantitative estimate of drug-likeness (QED) is 0.483. The lowest BCUT2D eigenvalue weighted by Crippen LogP contribution is -2.30. The number of aliphatic hydroxyl groups excluding tert-OH is 1. The first kappa shape index (κ1) is 12.6. The van der Waals surface area contributed by atoms with E-state index in [4.69, 9.17) is 5.11 Å². The van der Waals surface area contributed by atoms with Crippen molar-refractivity contribution in [2.45, 2.75) is 26.4 Å². The molecule has 0 saturated heterocycles. The van der Waals surface area contributed by atoms with Gasteiger partial charge in [-0.2, -0.15) is 0 Å². The van der Waals surface area contributed by atoms with E-state index < -0.39 is 18.0 Å². The predicted molar refractivity (Wildman–Crippen MR) is 50.2 cm³/mol. The molecule has 5 nitrogen and oxygen atoms in total. The number of ether oxygens (including phenoxy) is 1. The summed E-state index contributed by atoms with van der Waals surface area (Å²) < 4.78 is 4.57. The van der Waals surface area contributed by atoms with Crippen LogP contribution in [0.2, 0.25) is 0 Å². The van der Waals surface area contributed by atoms with Gasteiger partial charge in [-0.05, 0) is 13.3 Å². The lowest BCUT2D eigenvalue weighted by Gasteiger charge is -2.04. The molecule has 0 bridgehead atoms. The third-order valence-corrected chi connectivity index (χ3v) is 1.42. The zero-order valence-electron chi connectivity index (χ0n) is 8.32. The summed E-state index contributed by atoms with van der Waals surface area (Å²) in [6.07, 6.45) is 1.53. The standard InChI is InChI=1S/C9H15NO4/c1-3-7(11)9(13)10-6-5-8(12)14-4-2/h5-7,11H,3-4H2,1-2H3,(H,10,13). The second-order valence-corrected chi connectivity index (χ2v) is 2.52. The van der Waals surface area contributed by atoms with Gasteiger partial charge in [0.15, 0.2) is 0 Å². The Kier molecular flexibility index (Phi) is 6.39. The summed E-state index contributed by atoms with van der Waals surface area (Å²) in [6, 6.07) is 0. The molecule has 5 heteroatoms. The second kappa shape index (κ2) is 7.08. The molecular formula is C9H15NO4. The van der Waals surface area contributed by atoms with Gasteiger partial charge < -0.3 is 15.2 Å². The minimum atomic E-state index is -1.04. The van der Waals surface area contributed by atoms with Crippen molar-refractivity contribution in [3.05, 3.63) is 12.3 Å². The number of hydrogen-bond acceptors (Lipinski definition) is 4. The van der Waals surface area contributed by atoms with Crippen molar-refractivity contribution >= 4 is 11.9 Å². The number of carbonyl (C=O) groups excluding carboxylic acids is 2. The molecule has 0 radical (unpaired) electrons. The zero-order chi connectivity index (χ0) is 11.0. The third kappa shape index (κ3) is 5.31. The van der Waals surface area contributed by atoms with E-state index in [0.29, 0.717) is 6.42 Å². The fraction of sp³-hybridized carbons (Fsp3) is 0.556. The number of esters is 1. The molecule has 0 aromatic rings. The summed E-state index contributed by atoms with van der Waals surface area (Å²) in [6.45, 7) is 3.65. The molecule has 14 heavy (non-hydrogen) atoms. The molecule has 0 aromatic carbocycles. The first-order valence-electron chi connectivity index (χ1n) is 4.43. The molecule has 0 aliphatic carbocycles. The highest BCUT2D eigenvalue weighted by Crippen LogP contribution is 1.88. The maximum absolute atomic E-state index is 10.9. The predicted octanol–water partition coefficient (Wildman–Crippen LogP) is -0.0497. The van der Waals surface area contributed by atoms with Gasteiger partial charge in [-0.3, -0.25) is 4.79 Å². The normalized spacial score (nSPS) is 12.5. The van der Waals surface area contributed by atoms with Gasteiger partial charge in [-0.25, -0.2) is 4.79 Å². The van der Waals surface area contributed by atoms with Crippen LogP contribution in [0.15, 0.2) is 12.3 Å². The van der Waals surface area contributed by atoms with E-state index in [-0.39, 0.29) is 6.61 Å². The first-order valence-corrected chi connectivity index (χ1v) is 4.43. The number of rotatable bonds is 5. The Morgan fingerprint density at radius 1 is 1.50 bits per heavy atom. The molecular weight excluding hydrogens is 186 g/mol. The Labute approximate surface area is 82.7 Å². The highest BCUT2D eigenvalue weighted by molar-refractivity contribution is 5.85. The third-order valence-electron chi connectivity index (χ3n) is 1.42. The number of aliphatic hydroxyl groups is 1. The fourth-order valence-corrected chi connectivity index (χ4v) is 0.664. The lowest BCUT2D eigenvalue weighted by molar-refractivity contribution is -0.137. The first-order chi connectivity index (χ1) is 6.61. The van der Waals surface area contributed by atoms with E-state index in [0.717, 1.165) is 12.3 Å². The van der Waals surface area contributed by atoms with E-state index in [9.17, 15) is 9.59 Å². The van der Waals surface area contributed by atoms with Crippen LogP contribution in [0.1, 0.15) is 20.3 Å². The van der Waals surface area contributed by atoms with Crippen LogP contribution in [-0.2, 0) is 14.3 Å². The number of carbonyl (C=O) groups is 2. The Hall–Kier alpha value is -1.36. The van der Waals surface area contributed by atoms with Crippen molar-refractivity contribution in [1.29, 1.82) is 0 Å². The summed E-state index contributed by atoms with van der Waals surface area (Å²) >= 11 is 0. The molecule has 0 spiro atoms. The number of amides is 1. The largest absolute Gasteiger partial charge is 0.463 e. The molecule has 1 atom stereocenters. The van der Waals surface area contributed by atoms with Gasteiger partial charge in [-0.15, -0.1) is 0 Å². The second-order valence-electron chi connectivity index (χ2n) is 2.52. The zero-order valence-corrected chi connectivity index (χ0v) is 8.32. The molecule has 0 saturated carbocycles. The summed E-state index contributed by atoms with van der Waals surface area (Å²) in [4.78, 5) is 21.7. The van der Waals surface area contributed by atoms with Crippen LogP contribution < -0.4 is 5.32 Å². The molecule has 0 heterocycles. The molecule has 0 fully saturated rings. The van der Waals surface area contributed by atoms with Gasteiger partial charge >= 0.3 is 5.97 Å². The minimum absolute atomic E-state index is 0.286. The summed E-state index contributed by atoms with van der Waals surface area (Å²) in [5.74, 6) is -1.06. The molecule has 1 amide bonds. The van der Waals surface area contributed by atoms with Crippen molar-refractivity contribution in [3.8, 4) is 0 Å². The van der Waals surface area contributed by atoms with Gasteiger partial charge in [0.05, 0.1) is 6.61 Å². The fourth-order valence-electron chi connectivity index (χ4n) is 0.664. The van der Waals surface area contributed by atoms with Crippen LogP contribution in [0.4, 0.5) is 0 Å². The van der Waals surface area contributed by atoms with Crippen molar-refractivity contribution < 1.29 is 19.4 Å². The SMILES string of the molecule is CCOC(=O)C=CNC(=O)C(O)CC. The molecule has 0 rings (SSSR count). The average molecular weight is 201 g/mol. The molecule has 80 valence electrons.